The molecule has 0 saturated carbocycles. The zero-order valence-electron chi connectivity index (χ0n) is 22.1. The van der Waals surface area contributed by atoms with E-state index in [4.69, 9.17) is 16.2 Å². The lowest BCUT2D eigenvalue weighted by atomic mass is 10.1. The van der Waals surface area contributed by atoms with Crippen LogP contribution in [0.4, 0.5) is 22.9 Å². The highest BCUT2D eigenvalue weighted by molar-refractivity contribution is 5.97. The molecule has 0 bridgehead atoms. The number of aryl methyl sites for hydroxylation is 2. The first-order valence-electron chi connectivity index (χ1n) is 12.8. The quantitative estimate of drug-likeness (QED) is 0.155. The van der Waals surface area contributed by atoms with Crippen molar-refractivity contribution in [2.24, 2.45) is 0 Å². The number of nitrogens with zero attached hydrogens (tertiary/aromatic N) is 3. The maximum absolute atomic E-state index is 6.16. The van der Waals surface area contributed by atoms with Crippen LogP contribution in [0.15, 0.2) is 91.4 Å². The van der Waals surface area contributed by atoms with E-state index < -0.39 is 0 Å². The van der Waals surface area contributed by atoms with Crippen molar-refractivity contribution in [2.45, 2.75) is 13.8 Å². The number of nitrogens with two attached hydrogens (primary N) is 2. The van der Waals surface area contributed by atoms with Gasteiger partial charge in [-0.3, -0.25) is 10.2 Å². The third-order valence-electron chi connectivity index (χ3n) is 6.66. The van der Waals surface area contributed by atoms with E-state index >= 15 is 0 Å². The topological polar surface area (TPSA) is 144 Å². The van der Waals surface area contributed by atoms with Gasteiger partial charge in [-0.25, -0.2) is 4.98 Å². The largest absolute Gasteiger partial charge is 0.457 e. The van der Waals surface area contributed by atoms with Crippen molar-refractivity contribution in [3.05, 3.63) is 103 Å². The van der Waals surface area contributed by atoms with Gasteiger partial charge in [0.15, 0.2) is 0 Å². The van der Waals surface area contributed by atoms with Crippen LogP contribution in [-0.4, -0.2) is 25.4 Å². The second-order valence-electron chi connectivity index (χ2n) is 9.60. The zero-order chi connectivity index (χ0) is 27.6. The first-order valence-corrected chi connectivity index (χ1v) is 12.8. The monoisotopic (exact) mass is 528 g/mol. The number of fused-ring (bicyclic) bond motifs is 3. The maximum Gasteiger partial charge on any atom is 0.135 e. The smallest absolute Gasteiger partial charge is 0.135 e. The third-order valence-corrected chi connectivity index (χ3v) is 6.66. The average Bonchev–Trinajstić information content (AvgIpc) is 3.61. The number of anilines is 4. The number of hydrogen-bond donors (Lipinski definition) is 5. The average molecular weight is 529 g/mol. The fraction of sp³-hybridized carbons (Fsp3) is 0.0645. The van der Waals surface area contributed by atoms with Crippen LogP contribution in [0.2, 0.25) is 0 Å². The minimum Gasteiger partial charge on any atom is -0.457 e. The Labute approximate surface area is 230 Å². The second kappa shape index (κ2) is 10.3. The standard InChI is InChI=1S/C23H19N5O.C8H9N3/c1-14-10-16(11-15-13-26-28-23(14)15)27-22-12-17(8-9-25-22)29-21-7-6-20(24)18-4-2-3-5-19(18)21;1-5-2-7(9)3-6-4-10-11-8(5)6/h2-13H,24H2,1H3,(H,25,27)(H,26,28);2-4H,9H2,1H3,(H,10,11). The van der Waals surface area contributed by atoms with E-state index in [2.05, 4.69) is 36.8 Å². The molecule has 0 radical (unpaired) electrons. The van der Waals surface area contributed by atoms with Gasteiger partial charge in [0.05, 0.1) is 23.4 Å². The van der Waals surface area contributed by atoms with Crippen molar-refractivity contribution in [1.29, 1.82) is 0 Å². The van der Waals surface area contributed by atoms with Gasteiger partial charge in [0.25, 0.3) is 0 Å². The van der Waals surface area contributed by atoms with E-state index in [1.807, 2.05) is 86.8 Å². The van der Waals surface area contributed by atoms with E-state index in [-0.39, 0.29) is 0 Å². The van der Waals surface area contributed by atoms with Crippen LogP contribution in [0, 0.1) is 13.8 Å². The van der Waals surface area contributed by atoms with Crippen molar-refractivity contribution in [3.63, 3.8) is 0 Å². The van der Waals surface area contributed by atoms with Gasteiger partial charge in [-0.15, -0.1) is 0 Å². The highest BCUT2D eigenvalue weighted by atomic mass is 16.5. The molecular formula is C31H28N8O. The van der Waals surface area contributed by atoms with Crippen LogP contribution >= 0.6 is 0 Å². The lowest BCUT2D eigenvalue weighted by molar-refractivity contribution is 0.488. The molecular weight excluding hydrogens is 500 g/mol. The summed E-state index contributed by atoms with van der Waals surface area (Å²) < 4.78 is 6.16. The van der Waals surface area contributed by atoms with Crippen molar-refractivity contribution in [3.8, 4) is 11.5 Å². The number of nitrogen functional groups attached to an aromatic ring is 2. The van der Waals surface area contributed by atoms with Crippen molar-refractivity contribution < 1.29 is 4.74 Å². The highest BCUT2D eigenvalue weighted by Crippen LogP contribution is 2.34. The van der Waals surface area contributed by atoms with Gasteiger partial charge in [0.1, 0.15) is 17.3 Å². The van der Waals surface area contributed by atoms with Crippen LogP contribution in [0.3, 0.4) is 0 Å². The molecule has 40 heavy (non-hydrogen) atoms. The molecule has 3 aromatic heterocycles. The van der Waals surface area contributed by atoms with E-state index in [1.165, 1.54) is 0 Å². The molecule has 9 heteroatoms. The predicted octanol–water partition coefficient (Wildman–Crippen LogP) is 6.99. The zero-order valence-corrected chi connectivity index (χ0v) is 22.1. The summed E-state index contributed by atoms with van der Waals surface area (Å²) in [4.78, 5) is 4.42. The molecule has 7 aromatic rings. The Morgan fingerprint density at radius 1 is 0.750 bits per heavy atom. The molecule has 0 spiro atoms. The Balaban J connectivity index is 0.000000219. The number of ether oxygens (including phenoxy) is 1. The SMILES string of the molecule is Cc1cc(N)cc2cn[nH]c12.Cc1cc(Nc2cc(Oc3ccc(N)c4ccccc34)ccn2)cc2cn[nH]c12. The molecule has 0 saturated heterocycles. The minimum absolute atomic E-state index is 0.693. The van der Waals surface area contributed by atoms with Crippen molar-refractivity contribution in [1.82, 2.24) is 25.4 Å². The lowest BCUT2D eigenvalue weighted by Gasteiger charge is -2.12. The Morgan fingerprint density at radius 3 is 2.23 bits per heavy atom. The Bertz CT molecular complexity index is 1970. The number of aromatic amines is 2. The summed E-state index contributed by atoms with van der Waals surface area (Å²) in [5.41, 5.74) is 18.6. The molecule has 7 rings (SSSR count). The highest BCUT2D eigenvalue weighted by Gasteiger charge is 2.08. The summed E-state index contributed by atoms with van der Waals surface area (Å²) in [6.07, 6.45) is 5.31. The fourth-order valence-electron chi connectivity index (χ4n) is 4.77. The van der Waals surface area contributed by atoms with Gasteiger partial charge in [-0.2, -0.15) is 10.2 Å². The summed E-state index contributed by atoms with van der Waals surface area (Å²) in [6.45, 7) is 4.06. The maximum atomic E-state index is 6.16. The number of nitrogens with one attached hydrogen (secondary N) is 3. The van der Waals surface area contributed by atoms with Crippen LogP contribution < -0.4 is 21.5 Å². The third kappa shape index (κ3) is 4.95. The molecule has 0 aliphatic heterocycles. The predicted molar refractivity (Wildman–Crippen MR) is 162 cm³/mol. The first-order chi connectivity index (χ1) is 19.4. The van der Waals surface area contributed by atoms with Crippen LogP contribution in [0.5, 0.6) is 11.5 Å². The van der Waals surface area contributed by atoms with Gasteiger partial charge in [0, 0.05) is 50.9 Å². The molecule has 0 fully saturated rings. The van der Waals surface area contributed by atoms with Gasteiger partial charge in [-0.05, 0) is 67.4 Å². The number of benzene rings is 4. The number of hydrogen-bond acceptors (Lipinski definition) is 7. The van der Waals surface area contributed by atoms with Gasteiger partial charge in [0.2, 0.25) is 0 Å². The molecule has 7 N–H and O–H groups in total. The number of H-pyrrole nitrogens is 2. The molecule has 0 aliphatic carbocycles. The summed E-state index contributed by atoms with van der Waals surface area (Å²) >= 11 is 0. The molecule has 4 aromatic carbocycles. The fourth-order valence-corrected chi connectivity index (χ4v) is 4.77. The summed E-state index contributed by atoms with van der Waals surface area (Å²) in [5, 5.41) is 21.4. The minimum atomic E-state index is 0.693. The normalized spacial score (nSPS) is 10.9. The Hall–Kier alpha value is -5.57. The summed E-state index contributed by atoms with van der Waals surface area (Å²) in [5.74, 6) is 2.14. The van der Waals surface area contributed by atoms with E-state index in [9.17, 15) is 0 Å². The second-order valence-corrected chi connectivity index (χ2v) is 9.60. The van der Waals surface area contributed by atoms with Crippen LogP contribution in [-0.2, 0) is 0 Å². The molecule has 198 valence electrons. The lowest BCUT2D eigenvalue weighted by Crippen LogP contribution is -1.95. The van der Waals surface area contributed by atoms with Crippen molar-refractivity contribution >= 4 is 55.5 Å². The number of rotatable bonds is 4. The number of aromatic nitrogens is 5. The first kappa shape index (κ1) is 24.7. The summed E-state index contributed by atoms with van der Waals surface area (Å²) in [6, 6.07) is 23.3. The van der Waals surface area contributed by atoms with E-state index in [0.29, 0.717) is 11.6 Å². The molecule has 0 atom stereocenters. The van der Waals surface area contributed by atoms with Gasteiger partial charge >= 0.3 is 0 Å². The summed E-state index contributed by atoms with van der Waals surface area (Å²) in [7, 11) is 0. The Kier molecular flexibility index (Phi) is 6.37. The van der Waals surface area contributed by atoms with Crippen LogP contribution in [0.1, 0.15) is 11.1 Å². The van der Waals surface area contributed by atoms with E-state index in [1.54, 1.807) is 12.4 Å². The van der Waals surface area contributed by atoms with Crippen LogP contribution in [0.25, 0.3) is 32.6 Å². The number of pyridine rings is 1. The molecule has 0 amide bonds. The molecule has 3 heterocycles. The van der Waals surface area contributed by atoms with Gasteiger partial charge < -0.3 is 21.5 Å². The molecule has 9 nitrogen and oxygen atoms in total. The van der Waals surface area contributed by atoms with Gasteiger partial charge in [-0.1, -0.05) is 24.3 Å². The van der Waals surface area contributed by atoms with E-state index in [0.717, 1.165) is 66.5 Å². The molecule has 0 aliphatic rings. The van der Waals surface area contributed by atoms with Crippen molar-refractivity contribution in [2.75, 3.05) is 16.8 Å². The molecule has 0 unspecified atom stereocenters. The Morgan fingerprint density at radius 2 is 1.45 bits per heavy atom.